The Morgan fingerprint density at radius 1 is 1.07 bits per heavy atom. The molecule has 17 heteroatoms. The first-order valence-corrected chi connectivity index (χ1v) is 14.2. The largest absolute Gasteiger partial charge is 0.490 e. The molecular formula is C27H23Cl3F3N5O5S. The number of carboxylic acids is 1. The number of carbonyl (C=O) groups is 3. The zero-order chi connectivity index (χ0) is 32.4. The molecule has 0 fully saturated rings. The summed E-state index contributed by atoms with van der Waals surface area (Å²) in [6.45, 7) is 0.224. The van der Waals surface area contributed by atoms with E-state index in [-0.39, 0.29) is 6.54 Å². The molecule has 0 radical (unpaired) electrons. The van der Waals surface area contributed by atoms with Crippen LogP contribution in [0.15, 0.2) is 60.7 Å². The number of nitrogens with one attached hydrogen (secondary N) is 4. The number of carbonyl (C=O) groups excluding carboxylic acids is 2. The topological polar surface area (TPSA) is 145 Å². The monoisotopic (exact) mass is 691 g/mol. The van der Waals surface area contributed by atoms with Crippen LogP contribution in [0.3, 0.4) is 0 Å². The quantitative estimate of drug-likeness (QED) is 0.128. The van der Waals surface area contributed by atoms with E-state index in [9.17, 15) is 22.8 Å². The first kappa shape index (κ1) is 34.5. The number of benzene rings is 2. The number of imidazole rings is 1. The van der Waals surface area contributed by atoms with Gasteiger partial charge >= 0.3 is 24.3 Å². The van der Waals surface area contributed by atoms with Crippen molar-refractivity contribution in [3.63, 3.8) is 0 Å². The van der Waals surface area contributed by atoms with Gasteiger partial charge in [0.05, 0.1) is 21.8 Å². The van der Waals surface area contributed by atoms with E-state index in [1.54, 1.807) is 30.3 Å². The Morgan fingerprint density at radius 2 is 1.70 bits per heavy atom. The van der Waals surface area contributed by atoms with Crippen molar-refractivity contribution in [3.05, 3.63) is 91.4 Å². The molecule has 0 aliphatic heterocycles. The number of carboxylic acid groups (broad SMARTS) is 1. The minimum atomic E-state index is -5.08. The number of alkyl halides is 3. The number of amides is 3. The normalized spacial score (nSPS) is 11.5. The van der Waals surface area contributed by atoms with Gasteiger partial charge in [0.1, 0.15) is 16.7 Å². The van der Waals surface area contributed by atoms with Crippen molar-refractivity contribution in [3.8, 4) is 11.3 Å². The first-order chi connectivity index (χ1) is 20.8. The second-order valence-corrected chi connectivity index (χ2v) is 11.4. The Labute approximate surface area is 267 Å². The highest BCUT2D eigenvalue weighted by Gasteiger charge is 2.38. The number of urea groups is 1. The molecule has 2 aromatic heterocycles. The van der Waals surface area contributed by atoms with Crippen LogP contribution >= 0.6 is 46.1 Å². The lowest BCUT2D eigenvalue weighted by atomic mass is 10.1. The lowest BCUT2D eigenvalue weighted by Crippen LogP contribution is -2.38. The van der Waals surface area contributed by atoms with Gasteiger partial charge in [-0.15, -0.1) is 11.3 Å². The van der Waals surface area contributed by atoms with Crippen LogP contribution in [-0.4, -0.2) is 46.5 Å². The van der Waals surface area contributed by atoms with Crippen molar-refractivity contribution in [2.45, 2.75) is 25.2 Å². The molecule has 0 aliphatic rings. The standard InChI is InChI=1S/C25H22Cl3N5O3S.C2HF3O2/c1-36-25(35)30-17-9-7-15(8-10-17)20-21(27)33-23(32-20)18(11-14-5-3-2-4-6-14)31-24(34)29-13-16-12-19(26)37-22(16)28;3-2(4,5)1(6)7/h2-10,12,18H,11,13H2,1H3,(H,30,35)(H,32,33)(H2,29,31,34);(H,6,7)/t18-;/m0./s1. The van der Waals surface area contributed by atoms with Crippen molar-refractivity contribution < 1.29 is 37.4 Å². The summed E-state index contributed by atoms with van der Waals surface area (Å²) in [5, 5.41) is 15.8. The number of hydrogen-bond acceptors (Lipinski definition) is 6. The minimum absolute atomic E-state index is 0.224. The highest BCUT2D eigenvalue weighted by atomic mass is 35.5. The smallest absolute Gasteiger partial charge is 0.475 e. The van der Waals surface area contributed by atoms with Crippen molar-refractivity contribution in [2.24, 2.45) is 0 Å². The maximum absolute atomic E-state index is 12.8. The molecule has 2 aromatic carbocycles. The fraction of sp³-hybridized carbons (Fsp3) is 0.185. The van der Waals surface area contributed by atoms with Gasteiger partial charge in [0, 0.05) is 23.4 Å². The number of aromatic nitrogens is 2. The van der Waals surface area contributed by atoms with E-state index < -0.39 is 30.3 Å². The molecule has 10 nitrogen and oxygen atoms in total. The molecule has 0 aliphatic carbocycles. The molecule has 234 valence electrons. The minimum Gasteiger partial charge on any atom is -0.475 e. The number of halogens is 6. The lowest BCUT2D eigenvalue weighted by Gasteiger charge is -2.17. The molecule has 5 N–H and O–H groups in total. The van der Waals surface area contributed by atoms with Gasteiger partial charge < -0.3 is 25.5 Å². The molecule has 0 saturated carbocycles. The van der Waals surface area contributed by atoms with Crippen LogP contribution in [0.25, 0.3) is 11.3 Å². The van der Waals surface area contributed by atoms with E-state index in [4.69, 9.17) is 49.7 Å². The Bertz CT molecular complexity index is 1580. The Hall–Kier alpha value is -3.98. The van der Waals surface area contributed by atoms with Gasteiger partial charge in [-0.25, -0.2) is 19.4 Å². The van der Waals surface area contributed by atoms with E-state index in [1.807, 2.05) is 30.3 Å². The zero-order valence-corrected chi connectivity index (χ0v) is 25.6. The van der Waals surface area contributed by atoms with E-state index in [0.29, 0.717) is 37.5 Å². The SMILES string of the molecule is COC(=O)Nc1ccc(-c2nc([C@H](Cc3ccccc3)NC(=O)NCc3cc(Cl)sc3Cl)[nH]c2Cl)cc1.O=C(O)C(F)(F)F. The van der Waals surface area contributed by atoms with Crippen molar-refractivity contribution in [2.75, 3.05) is 12.4 Å². The molecule has 44 heavy (non-hydrogen) atoms. The number of methoxy groups -OCH3 is 1. The maximum atomic E-state index is 12.8. The number of hydrogen-bond donors (Lipinski definition) is 5. The Kier molecular flexibility index (Phi) is 12.3. The fourth-order valence-electron chi connectivity index (χ4n) is 3.55. The van der Waals surface area contributed by atoms with E-state index in [2.05, 4.69) is 25.7 Å². The van der Waals surface area contributed by atoms with Gasteiger partial charge in [0.25, 0.3) is 0 Å². The van der Waals surface area contributed by atoms with Crippen molar-refractivity contribution in [1.29, 1.82) is 0 Å². The van der Waals surface area contributed by atoms with Gasteiger partial charge in [-0.1, -0.05) is 77.3 Å². The molecule has 0 unspecified atom stereocenters. The Balaban J connectivity index is 0.000000676. The van der Waals surface area contributed by atoms with Gasteiger partial charge in [-0.3, -0.25) is 5.32 Å². The number of anilines is 1. The third-order valence-electron chi connectivity index (χ3n) is 5.60. The van der Waals surface area contributed by atoms with Gasteiger partial charge in [-0.2, -0.15) is 13.2 Å². The number of ether oxygens (including phenoxy) is 1. The maximum Gasteiger partial charge on any atom is 0.490 e. The number of H-pyrrole nitrogens is 1. The first-order valence-electron chi connectivity index (χ1n) is 12.3. The predicted octanol–water partition coefficient (Wildman–Crippen LogP) is 7.69. The van der Waals surface area contributed by atoms with Gasteiger partial charge in [0.2, 0.25) is 0 Å². The number of aromatic amines is 1. The molecule has 0 saturated heterocycles. The number of thiophene rings is 1. The molecule has 0 spiro atoms. The summed E-state index contributed by atoms with van der Waals surface area (Å²) in [5.41, 5.74) is 3.55. The highest BCUT2D eigenvalue weighted by Crippen LogP contribution is 2.31. The zero-order valence-electron chi connectivity index (χ0n) is 22.5. The molecule has 0 bridgehead atoms. The number of rotatable bonds is 8. The highest BCUT2D eigenvalue weighted by molar-refractivity contribution is 7.20. The molecule has 2 heterocycles. The average molecular weight is 693 g/mol. The molecule has 1 atom stereocenters. The third kappa shape index (κ3) is 10.3. The van der Waals surface area contributed by atoms with Crippen LogP contribution in [0.2, 0.25) is 13.8 Å². The number of nitrogens with zero attached hydrogens (tertiary/aromatic N) is 1. The predicted molar refractivity (Wildman–Crippen MR) is 161 cm³/mol. The summed E-state index contributed by atoms with van der Waals surface area (Å²) < 4.78 is 37.4. The van der Waals surface area contributed by atoms with Crippen LogP contribution in [0.5, 0.6) is 0 Å². The van der Waals surface area contributed by atoms with Crippen LogP contribution in [0, 0.1) is 0 Å². The summed E-state index contributed by atoms with van der Waals surface area (Å²) in [6.07, 6.45) is -5.17. The second kappa shape index (κ2) is 15.7. The third-order valence-corrected chi connectivity index (χ3v) is 7.44. The fourth-order valence-corrected chi connectivity index (χ4v) is 5.29. The molecule has 4 rings (SSSR count). The average Bonchev–Trinajstić information content (AvgIpc) is 3.52. The summed E-state index contributed by atoms with van der Waals surface area (Å²) >= 11 is 19.9. The van der Waals surface area contributed by atoms with E-state index in [0.717, 1.165) is 16.7 Å². The van der Waals surface area contributed by atoms with E-state index >= 15 is 0 Å². The van der Waals surface area contributed by atoms with Crippen molar-refractivity contribution in [1.82, 2.24) is 20.6 Å². The summed E-state index contributed by atoms with van der Waals surface area (Å²) in [4.78, 5) is 40.9. The van der Waals surface area contributed by atoms with Gasteiger partial charge in [-0.05, 0) is 30.2 Å². The van der Waals surface area contributed by atoms with Crippen LogP contribution < -0.4 is 16.0 Å². The van der Waals surface area contributed by atoms with Crippen LogP contribution in [-0.2, 0) is 22.5 Å². The summed E-state index contributed by atoms with van der Waals surface area (Å²) in [7, 11) is 1.29. The second-order valence-electron chi connectivity index (χ2n) is 8.70. The van der Waals surface area contributed by atoms with E-state index in [1.165, 1.54) is 18.4 Å². The molecule has 4 aromatic rings. The molecular weight excluding hydrogens is 670 g/mol. The summed E-state index contributed by atoms with van der Waals surface area (Å²) in [5.74, 6) is -2.26. The molecule has 3 amide bonds. The van der Waals surface area contributed by atoms with Crippen LogP contribution in [0.1, 0.15) is 23.0 Å². The van der Waals surface area contributed by atoms with Crippen LogP contribution in [0.4, 0.5) is 28.4 Å². The summed E-state index contributed by atoms with van der Waals surface area (Å²) in [6, 6.07) is 17.5. The van der Waals surface area contributed by atoms with Crippen molar-refractivity contribution >= 4 is 69.9 Å². The number of aliphatic carboxylic acids is 1. The van der Waals surface area contributed by atoms with Gasteiger partial charge in [0.15, 0.2) is 0 Å². The Morgan fingerprint density at radius 3 is 2.25 bits per heavy atom. The lowest BCUT2D eigenvalue weighted by molar-refractivity contribution is -0.192.